The zero-order valence-electron chi connectivity index (χ0n) is 9.63. The first-order chi connectivity index (χ1) is 8.27. The molecular formula is C13H17NO3. The van der Waals surface area contributed by atoms with Gasteiger partial charge in [-0.1, -0.05) is 30.3 Å². The second-order valence-electron chi connectivity index (χ2n) is 4.23. The molecule has 1 aromatic carbocycles. The summed E-state index contributed by atoms with van der Waals surface area (Å²) in [6.07, 6.45) is 1.57. The predicted molar refractivity (Wildman–Crippen MR) is 63.7 cm³/mol. The van der Waals surface area contributed by atoms with Gasteiger partial charge in [-0.15, -0.1) is 0 Å². The molecule has 4 heteroatoms. The monoisotopic (exact) mass is 235 g/mol. The molecule has 0 amide bonds. The van der Waals surface area contributed by atoms with Crippen LogP contribution in [0.3, 0.4) is 0 Å². The van der Waals surface area contributed by atoms with Crippen molar-refractivity contribution in [3.05, 3.63) is 35.9 Å². The number of aliphatic carboxylic acids is 1. The fourth-order valence-electron chi connectivity index (χ4n) is 2.07. The van der Waals surface area contributed by atoms with Gasteiger partial charge in [0.05, 0.1) is 6.10 Å². The van der Waals surface area contributed by atoms with Crippen LogP contribution >= 0.6 is 0 Å². The minimum Gasteiger partial charge on any atom is -0.480 e. The van der Waals surface area contributed by atoms with Crippen LogP contribution in [0.1, 0.15) is 18.4 Å². The number of benzene rings is 1. The molecule has 17 heavy (non-hydrogen) atoms. The van der Waals surface area contributed by atoms with Gasteiger partial charge in [0, 0.05) is 13.2 Å². The molecule has 92 valence electrons. The van der Waals surface area contributed by atoms with Crippen LogP contribution in [0.5, 0.6) is 0 Å². The van der Waals surface area contributed by atoms with Gasteiger partial charge in [0.2, 0.25) is 0 Å². The SMILES string of the molecule is O=C(O)C(NCc1ccccc1)C1CCCO1. The highest BCUT2D eigenvalue weighted by atomic mass is 16.5. The number of rotatable bonds is 5. The molecule has 4 nitrogen and oxygen atoms in total. The van der Waals surface area contributed by atoms with E-state index < -0.39 is 12.0 Å². The van der Waals surface area contributed by atoms with Crippen molar-refractivity contribution in [2.75, 3.05) is 6.61 Å². The van der Waals surface area contributed by atoms with Gasteiger partial charge in [0.1, 0.15) is 6.04 Å². The van der Waals surface area contributed by atoms with Crippen LogP contribution in [0.15, 0.2) is 30.3 Å². The van der Waals surface area contributed by atoms with Crippen LogP contribution in [0.2, 0.25) is 0 Å². The summed E-state index contributed by atoms with van der Waals surface area (Å²) in [5.74, 6) is -0.840. The van der Waals surface area contributed by atoms with Crippen molar-refractivity contribution in [1.29, 1.82) is 0 Å². The molecule has 0 saturated carbocycles. The summed E-state index contributed by atoms with van der Waals surface area (Å²) in [5.41, 5.74) is 1.08. The van der Waals surface area contributed by atoms with E-state index in [-0.39, 0.29) is 6.10 Å². The number of ether oxygens (including phenoxy) is 1. The Kier molecular flexibility index (Phi) is 4.12. The molecule has 1 aliphatic heterocycles. The van der Waals surface area contributed by atoms with Gasteiger partial charge in [-0.2, -0.15) is 0 Å². The van der Waals surface area contributed by atoms with E-state index >= 15 is 0 Å². The minimum absolute atomic E-state index is 0.198. The van der Waals surface area contributed by atoms with Crippen molar-refractivity contribution >= 4 is 5.97 Å². The molecule has 1 aliphatic rings. The fourth-order valence-corrected chi connectivity index (χ4v) is 2.07. The second kappa shape index (κ2) is 5.80. The fraction of sp³-hybridized carbons (Fsp3) is 0.462. The summed E-state index contributed by atoms with van der Waals surface area (Å²) in [6, 6.07) is 9.16. The largest absolute Gasteiger partial charge is 0.480 e. The first-order valence-corrected chi connectivity index (χ1v) is 5.89. The smallest absolute Gasteiger partial charge is 0.323 e. The van der Waals surface area contributed by atoms with E-state index in [4.69, 9.17) is 9.84 Å². The lowest BCUT2D eigenvalue weighted by Crippen LogP contribution is -2.45. The summed E-state index contributed by atoms with van der Waals surface area (Å²) < 4.78 is 5.42. The molecular weight excluding hydrogens is 218 g/mol. The third-order valence-corrected chi connectivity index (χ3v) is 2.97. The van der Waals surface area contributed by atoms with Crippen LogP contribution < -0.4 is 5.32 Å². The van der Waals surface area contributed by atoms with Crippen molar-refractivity contribution in [3.63, 3.8) is 0 Å². The molecule has 0 spiro atoms. The van der Waals surface area contributed by atoms with Gasteiger partial charge in [0.25, 0.3) is 0 Å². The van der Waals surface area contributed by atoms with Crippen LogP contribution in [0, 0.1) is 0 Å². The summed E-state index contributed by atoms with van der Waals surface area (Å²) in [5, 5.41) is 12.2. The van der Waals surface area contributed by atoms with Gasteiger partial charge in [-0.05, 0) is 18.4 Å². The molecule has 1 heterocycles. The lowest BCUT2D eigenvalue weighted by molar-refractivity contribution is -0.142. The van der Waals surface area contributed by atoms with Crippen LogP contribution in [0.4, 0.5) is 0 Å². The average molecular weight is 235 g/mol. The van der Waals surface area contributed by atoms with Gasteiger partial charge in [-0.3, -0.25) is 10.1 Å². The highest BCUT2D eigenvalue weighted by Gasteiger charge is 2.30. The molecule has 0 aliphatic carbocycles. The van der Waals surface area contributed by atoms with Gasteiger partial charge >= 0.3 is 5.97 Å². The van der Waals surface area contributed by atoms with Gasteiger partial charge in [-0.25, -0.2) is 0 Å². The quantitative estimate of drug-likeness (QED) is 0.810. The Morgan fingerprint density at radius 2 is 2.24 bits per heavy atom. The Bertz CT molecular complexity index is 360. The van der Waals surface area contributed by atoms with Crippen molar-refractivity contribution < 1.29 is 14.6 Å². The summed E-state index contributed by atoms with van der Waals surface area (Å²) in [7, 11) is 0. The number of hydrogen-bond acceptors (Lipinski definition) is 3. The zero-order chi connectivity index (χ0) is 12.1. The standard InChI is InChI=1S/C13H17NO3/c15-13(16)12(11-7-4-8-17-11)14-9-10-5-2-1-3-6-10/h1-3,5-6,11-12,14H,4,7-9H2,(H,15,16). The van der Waals surface area contributed by atoms with Crippen molar-refractivity contribution in [2.45, 2.75) is 31.5 Å². The maximum atomic E-state index is 11.2. The highest BCUT2D eigenvalue weighted by Crippen LogP contribution is 2.16. The maximum Gasteiger partial charge on any atom is 0.323 e. The van der Waals surface area contributed by atoms with Crippen molar-refractivity contribution in [2.24, 2.45) is 0 Å². The summed E-state index contributed by atoms with van der Waals surface area (Å²) >= 11 is 0. The third-order valence-electron chi connectivity index (χ3n) is 2.97. The number of nitrogens with one attached hydrogen (secondary N) is 1. The molecule has 1 fully saturated rings. The first-order valence-electron chi connectivity index (χ1n) is 5.89. The first kappa shape index (κ1) is 12.1. The van der Waals surface area contributed by atoms with E-state index in [2.05, 4.69) is 5.32 Å². The van der Waals surface area contributed by atoms with E-state index in [1.54, 1.807) is 0 Å². The van der Waals surface area contributed by atoms with Crippen LogP contribution in [0.25, 0.3) is 0 Å². The van der Waals surface area contributed by atoms with E-state index in [0.29, 0.717) is 13.2 Å². The molecule has 2 rings (SSSR count). The Labute approximate surface area is 101 Å². The topological polar surface area (TPSA) is 58.6 Å². The Hall–Kier alpha value is -1.39. The second-order valence-corrected chi connectivity index (χ2v) is 4.23. The third kappa shape index (κ3) is 3.28. The Morgan fingerprint density at radius 1 is 1.47 bits per heavy atom. The number of carboxylic acid groups (broad SMARTS) is 1. The number of hydrogen-bond donors (Lipinski definition) is 2. The molecule has 2 unspecified atom stereocenters. The predicted octanol–water partition coefficient (Wildman–Crippen LogP) is 1.41. The van der Waals surface area contributed by atoms with Crippen LogP contribution in [-0.2, 0) is 16.1 Å². The lowest BCUT2D eigenvalue weighted by Gasteiger charge is -2.20. The van der Waals surface area contributed by atoms with E-state index in [1.807, 2.05) is 30.3 Å². The Morgan fingerprint density at radius 3 is 2.82 bits per heavy atom. The molecule has 0 radical (unpaired) electrons. The molecule has 2 N–H and O–H groups in total. The van der Waals surface area contributed by atoms with Crippen molar-refractivity contribution in [3.8, 4) is 0 Å². The highest BCUT2D eigenvalue weighted by molar-refractivity contribution is 5.74. The average Bonchev–Trinajstić information content (AvgIpc) is 2.84. The normalized spacial score (nSPS) is 21.3. The van der Waals surface area contributed by atoms with E-state index in [9.17, 15) is 4.79 Å². The van der Waals surface area contributed by atoms with Crippen molar-refractivity contribution in [1.82, 2.24) is 5.32 Å². The lowest BCUT2D eigenvalue weighted by atomic mass is 10.1. The molecule has 1 saturated heterocycles. The van der Waals surface area contributed by atoms with Crippen LogP contribution in [-0.4, -0.2) is 29.8 Å². The van der Waals surface area contributed by atoms with E-state index in [1.165, 1.54) is 0 Å². The summed E-state index contributed by atoms with van der Waals surface area (Å²) in [4.78, 5) is 11.2. The maximum absolute atomic E-state index is 11.2. The molecule has 1 aromatic rings. The van der Waals surface area contributed by atoms with Gasteiger partial charge in [0.15, 0.2) is 0 Å². The number of carbonyl (C=O) groups is 1. The molecule has 0 aromatic heterocycles. The zero-order valence-corrected chi connectivity index (χ0v) is 9.63. The molecule has 2 atom stereocenters. The van der Waals surface area contributed by atoms with E-state index in [0.717, 1.165) is 18.4 Å². The molecule has 0 bridgehead atoms. The Balaban J connectivity index is 1.92. The van der Waals surface area contributed by atoms with Gasteiger partial charge < -0.3 is 9.84 Å². The number of carboxylic acids is 1. The summed E-state index contributed by atoms with van der Waals surface area (Å²) in [6.45, 7) is 1.22. The minimum atomic E-state index is -0.840.